The number of hydrogen-bond donors (Lipinski definition) is 1. The molecular weight excluding hydrogens is 216 g/mol. The van der Waals surface area contributed by atoms with Crippen LogP contribution in [0.5, 0.6) is 0 Å². The highest BCUT2D eigenvalue weighted by Gasteiger charge is 2.26. The Morgan fingerprint density at radius 2 is 2.12 bits per heavy atom. The van der Waals surface area contributed by atoms with Gasteiger partial charge in [-0.1, -0.05) is 6.08 Å². The fraction of sp³-hybridized carbons (Fsp3) is 0.769. The molecule has 1 rings (SSSR count). The van der Waals surface area contributed by atoms with E-state index in [9.17, 15) is 9.90 Å². The van der Waals surface area contributed by atoms with Gasteiger partial charge in [0.05, 0.1) is 13.2 Å². The van der Waals surface area contributed by atoms with E-state index in [-0.39, 0.29) is 18.1 Å². The number of amides is 1. The van der Waals surface area contributed by atoms with Crippen LogP contribution < -0.4 is 0 Å². The Labute approximate surface area is 104 Å². The summed E-state index contributed by atoms with van der Waals surface area (Å²) in [5, 5.41) is 9.25. The van der Waals surface area contributed by atoms with Gasteiger partial charge in [0, 0.05) is 18.3 Å². The molecule has 0 aromatic rings. The highest BCUT2D eigenvalue weighted by atomic mass is 16.3. The van der Waals surface area contributed by atoms with Gasteiger partial charge in [-0.2, -0.15) is 0 Å². The lowest BCUT2D eigenvalue weighted by atomic mass is 10.1. The molecule has 1 amide bonds. The summed E-state index contributed by atoms with van der Waals surface area (Å²) in [6, 6.07) is 0. The lowest BCUT2D eigenvalue weighted by Crippen LogP contribution is -2.48. The molecule has 0 aromatic carbocycles. The molecule has 17 heavy (non-hydrogen) atoms. The summed E-state index contributed by atoms with van der Waals surface area (Å²) in [5.74, 6) is 0.0853. The van der Waals surface area contributed by atoms with Crippen LogP contribution >= 0.6 is 0 Å². The van der Waals surface area contributed by atoms with Crippen molar-refractivity contribution >= 4 is 5.91 Å². The van der Waals surface area contributed by atoms with Gasteiger partial charge in [0.2, 0.25) is 5.91 Å². The second-order valence-electron chi connectivity index (χ2n) is 5.37. The van der Waals surface area contributed by atoms with E-state index in [1.165, 1.54) is 0 Å². The zero-order chi connectivity index (χ0) is 13.1. The standard InChI is InChI=1S/C13H24N2O2/c1-13(2,10-16)14(3)9-12(17)15(4)11-7-5-6-8-11/h7,16H,5-6,8-10H2,1-4H3. The highest BCUT2D eigenvalue weighted by Crippen LogP contribution is 2.20. The summed E-state index contributed by atoms with van der Waals surface area (Å²) in [7, 11) is 3.70. The normalized spacial score (nSPS) is 16.2. The van der Waals surface area contributed by atoms with Crippen molar-refractivity contribution in [2.45, 2.75) is 38.6 Å². The zero-order valence-electron chi connectivity index (χ0n) is 11.4. The van der Waals surface area contributed by atoms with Crippen LogP contribution in [0, 0.1) is 0 Å². The second kappa shape index (κ2) is 5.65. The van der Waals surface area contributed by atoms with E-state index < -0.39 is 0 Å². The summed E-state index contributed by atoms with van der Waals surface area (Å²) in [4.78, 5) is 15.7. The zero-order valence-corrected chi connectivity index (χ0v) is 11.4. The number of allylic oxidation sites excluding steroid dienone is 2. The molecule has 0 atom stereocenters. The van der Waals surface area contributed by atoms with Gasteiger partial charge in [-0.3, -0.25) is 9.69 Å². The second-order valence-corrected chi connectivity index (χ2v) is 5.37. The molecule has 4 nitrogen and oxygen atoms in total. The Balaban J connectivity index is 2.54. The van der Waals surface area contributed by atoms with Crippen molar-refractivity contribution < 1.29 is 9.90 Å². The lowest BCUT2D eigenvalue weighted by molar-refractivity contribution is -0.130. The number of carbonyl (C=O) groups is 1. The van der Waals surface area contributed by atoms with Crippen molar-refractivity contribution in [3.05, 3.63) is 11.8 Å². The monoisotopic (exact) mass is 240 g/mol. The molecule has 0 aliphatic heterocycles. The lowest BCUT2D eigenvalue weighted by Gasteiger charge is -2.34. The molecule has 0 unspecified atom stereocenters. The third-order valence-electron chi connectivity index (χ3n) is 3.61. The van der Waals surface area contributed by atoms with Crippen LogP contribution in [0.1, 0.15) is 33.1 Å². The smallest absolute Gasteiger partial charge is 0.240 e. The van der Waals surface area contributed by atoms with Crippen LogP contribution in [0.15, 0.2) is 11.8 Å². The van der Waals surface area contributed by atoms with E-state index in [4.69, 9.17) is 0 Å². The Hall–Kier alpha value is -0.870. The number of rotatable bonds is 5. The van der Waals surface area contributed by atoms with E-state index in [1.807, 2.05) is 32.8 Å². The first-order valence-electron chi connectivity index (χ1n) is 6.16. The molecule has 0 saturated heterocycles. The molecule has 0 fully saturated rings. The van der Waals surface area contributed by atoms with Crippen LogP contribution in [-0.2, 0) is 4.79 Å². The fourth-order valence-corrected chi connectivity index (χ4v) is 1.76. The van der Waals surface area contributed by atoms with E-state index >= 15 is 0 Å². The summed E-state index contributed by atoms with van der Waals surface area (Å²) < 4.78 is 0. The van der Waals surface area contributed by atoms with E-state index in [1.54, 1.807) is 4.90 Å². The minimum absolute atomic E-state index is 0.0448. The summed E-state index contributed by atoms with van der Waals surface area (Å²) in [6.45, 7) is 4.23. The predicted octanol–water partition coefficient (Wildman–Crippen LogP) is 1.22. The van der Waals surface area contributed by atoms with Crippen molar-refractivity contribution in [2.75, 3.05) is 27.2 Å². The molecule has 98 valence electrons. The average Bonchev–Trinajstić information content (AvgIpc) is 2.81. The molecule has 0 bridgehead atoms. The third kappa shape index (κ3) is 3.54. The number of aliphatic hydroxyl groups is 1. The summed E-state index contributed by atoms with van der Waals surface area (Å²) in [6.07, 6.45) is 5.35. The molecule has 1 aliphatic carbocycles. The van der Waals surface area contributed by atoms with Crippen molar-refractivity contribution in [1.29, 1.82) is 0 Å². The van der Waals surface area contributed by atoms with Gasteiger partial charge < -0.3 is 10.0 Å². The van der Waals surface area contributed by atoms with E-state index in [0.717, 1.165) is 25.0 Å². The maximum atomic E-state index is 12.1. The molecule has 1 aliphatic rings. The largest absolute Gasteiger partial charge is 0.394 e. The number of aliphatic hydroxyl groups excluding tert-OH is 1. The van der Waals surface area contributed by atoms with Gasteiger partial charge in [-0.15, -0.1) is 0 Å². The predicted molar refractivity (Wildman–Crippen MR) is 68.5 cm³/mol. The van der Waals surface area contributed by atoms with Crippen LogP contribution in [0.2, 0.25) is 0 Å². The molecule has 0 heterocycles. The average molecular weight is 240 g/mol. The van der Waals surface area contributed by atoms with Crippen LogP contribution in [-0.4, -0.2) is 53.6 Å². The Bertz CT molecular complexity index is 311. The maximum absolute atomic E-state index is 12.1. The highest BCUT2D eigenvalue weighted by molar-refractivity contribution is 5.79. The van der Waals surface area contributed by atoms with E-state index in [2.05, 4.69) is 6.08 Å². The molecule has 4 heteroatoms. The molecule has 0 saturated carbocycles. The van der Waals surface area contributed by atoms with Crippen molar-refractivity contribution in [3.63, 3.8) is 0 Å². The first kappa shape index (κ1) is 14.2. The number of hydrogen-bond acceptors (Lipinski definition) is 3. The minimum atomic E-state index is -0.361. The van der Waals surface area contributed by atoms with Gasteiger partial charge >= 0.3 is 0 Å². The van der Waals surface area contributed by atoms with Crippen LogP contribution in [0.4, 0.5) is 0 Å². The summed E-state index contributed by atoms with van der Waals surface area (Å²) in [5.41, 5.74) is 0.769. The van der Waals surface area contributed by atoms with Crippen molar-refractivity contribution in [2.24, 2.45) is 0 Å². The van der Waals surface area contributed by atoms with Crippen LogP contribution in [0.25, 0.3) is 0 Å². The van der Waals surface area contributed by atoms with Crippen molar-refractivity contribution in [3.8, 4) is 0 Å². The quantitative estimate of drug-likeness (QED) is 0.785. The van der Waals surface area contributed by atoms with Gasteiger partial charge in [0.25, 0.3) is 0 Å². The van der Waals surface area contributed by atoms with Gasteiger partial charge in [0.15, 0.2) is 0 Å². The Kier molecular flexibility index (Phi) is 4.71. The SMILES string of the molecule is CN(C(=O)CN(C)C(C)(C)CO)C1=CCCC1. The summed E-state index contributed by atoms with van der Waals surface area (Å²) >= 11 is 0. The molecular formula is C13H24N2O2. The number of nitrogens with zero attached hydrogens (tertiary/aromatic N) is 2. The molecule has 0 radical (unpaired) electrons. The minimum Gasteiger partial charge on any atom is -0.394 e. The molecule has 0 aromatic heterocycles. The molecule has 0 spiro atoms. The van der Waals surface area contributed by atoms with Crippen LogP contribution in [0.3, 0.4) is 0 Å². The number of carbonyl (C=O) groups excluding carboxylic acids is 1. The van der Waals surface area contributed by atoms with Gasteiger partial charge in [0.1, 0.15) is 0 Å². The third-order valence-corrected chi connectivity index (χ3v) is 3.61. The van der Waals surface area contributed by atoms with Gasteiger partial charge in [-0.05, 0) is 40.2 Å². The van der Waals surface area contributed by atoms with E-state index in [0.29, 0.717) is 6.54 Å². The van der Waals surface area contributed by atoms with Crippen molar-refractivity contribution in [1.82, 2.24) is 9.80 Å². The first-order chi connectivity index (χ1) is 7.88. The Morgan fingerprint density at radius 1 is 1.47 bits per heavy atom. The fourth-order valence-electron chi connectivity index (χ4n) is 1.76. The maximum Gasteiger partial charge on any atom is 0.240 e. The Morgan fingerprint density at radius 3 is 2.59 bits per heavy atom. The topological polar surface area (TPSA) is 43.8 Å². The number of likely N-dealkylation sites (N-methyl/N-ethyl adjacent to an activating group) is 2. The molecule has 1 N–H and O–H groups in total. The first-order valence-corrected chi connectivity index (χ1v) is 6.16. The van der Waals surface area contributed by atoms with Gasteiger partial charge in [-0.25, -0.2) is 0 Å².